The van der Waals surface area contributed by atoms with Crippen molar-refractivity contribution in [2.75, 3.05) is 0 Å². The smallest absolute Gasteiger partial charge is 0.151 e. The Hall–Kier alpha value is -1.72. The molecule has 0 fully saturated rings. The number of nitrogens with two attached hydrogens (primary N) is 2. The van der Waals surface area contributed by atoms with E-state index < -0.39 is 0 Å². The maximum Gasteiger partial charge on any atom is 0.151 e. The van der Waals surface area contributed by atoms with Crippen molar-refractivity contribution in [1.82, 2.24) is 4.98 Å². The van der Waals surface area contributed by atoms with Gasteiger partial charge in [0.1, 0.15) is 0 Å². The summed E-state index contributed by atoms with van der Waals surface area (Å²) in [6, 6.07) is 3.62. The van der Waals surface area contributed by atoms with Crippen molar-refractivity contribution in [2.45, 2.75) is 6.61 Å². The van der Waals surface area contributed by atoms with Gasteiger partial charge in [0.25, 0.3) is 0 Å². The minimum absolute atomic E-state index is 0.347. The van der Waals surface area contributed by atoms with E-state index in [1.54, 1.807) is 24.6 Å². The highest BCUT2D eigenvalue weighted by molar-refractivity contribution is 5.73. The van der Waals surface area contributed by atoms with Crippen LogP contribution in [0.25, 0.3) is 0 Å². The van der Waals surface area contributed by atoms with Gasteiger partial charge in [-0.15, -0.1) is 0 Å². The summed E-state index contributed by atoms with van der Waals surface area (Å²) < 4.78 is 0. The highest BCUT2D eigenvalue weighted by atomic mass is 16.6. The van der Waals surface area contributed by atoms with Gasteiger partial charge in [0.05, 0.1) is 6.61 Å². The fourth-order valence-electron chi connectivity index (χ4n) is 0.844. The molecule has 4 N–H and O–H groups in total. The summed E-state index contributed by atoms with van der Waals surface area (Å²) in [5, 5.41) is 0. The molecule has 74 valence electrons. The quantitative estimate of drug-likeness (QED) is 0.541. The van der Waals surface area contributed by atoms with Gasteiger partial charge in [0.2, 0.25) is 0 Å². The maximum atomic E-state index is 5.13. The molecule has 0 saturated heterocycles. The molecule has 0 saturated carbocycles. The van der Waals surface area contributed by atoms with Crippen molar-refractivity contribution in [1.29, 1.82) is 0 Å². The largest absolute Gasteiger partial charge is 0.405 e. The lowest BCUT2D eigenvalue weighted by molar-refractivity contribution is 0.124. The van der Waals surface area contributed by atoms with Crippen molar-refractivity contribution < 1.29 is 4.84 Å². The maximum absolute atomic E-state index is 5.13. The Morgan fingerprint density at radius 2 is 2.36 bits per heavy atom. The van der Waals surface area contributed by atoms with E-state index >= 15 is 0 Å². The van der Waals surface area contributed by atoms with Gasteiger partial charge in [-0.25, -0.2) is 15.9 Å². The predicted molar refractivity (Wildman–Crippen MR) is 54.7 cm³/mol. The van der Waals surface area contributed by atoms with Crippen LogP contribution in [0.2, 0.25) is 0 Å². The summed E-state index contributed by atoms with van der Waals surface area (Å²) in [4.78, 5) is 12.5. The standard InChI is InChI=1S/C9H12N4O/c10-4-1-5-12-9-3-2-8(6-13-9)7-14-11/h1-6H,7,10-11H2. The minimum atomic E-state index is 0.347. The molecule has 1 heterocycles. The van der Waals surface area contributed by atoms with Crippen LogP contribution in [0.15, 0.2) is 35.6 Å². The molecule has 0 unspecified atom stereocenters. The fourth-order valence-corrected chi connectivity index (χ4v) is 0.844. The van der Waals surface area contributed by atoms with Gasteiger partial charge in [-0.3, -0.25) is 4.84 Å². The number of hydrogen-bond donors (Lipinski definition) is 2. The molecule has 5 nitrogen and oxygen atoms in total. The molecule has 0 spiro atoms. The summed E-state index contributed by atoms with van der Waals surface area (Å²) in [6.07, 6.45) is 6.26. The van der Waals surface area contributed by atoms with Gasteiger partial charge in [-0.2, -0.15) is 0 Å². The second-order valence-corrected chi connectivity index (χ2v) is 2.50. The predicted octanol–water partition coefficient (Wildman–Crippen LogP) is 0.647. The van der Waals surface area contributed by atoms with Crippen LogP contribution in [0.1, 0.15) is 5.56 Å². The van der Waals surface area contributed by atoms with E-state index in [0.29, 0.717) is 12.4 Å². The van der Waals surface area contributed by atoms with Crippen molar-refractivity contribution in [3.8, 4) is 0 Å². The third-order valence-corrected chi connectivity index (χ3v) is 1.46. The van der Waals surface area contributed by atoms with Gasteiger partial charge in [0, 0.05) is 12.4 Å². The lowest BCUT2D eigenvalue weighted by atomic mass is 10.3. The highest BCUT2D eigenvalue weighted by Gasteiger charge is 1.92. The van der Waals surface area contributed by atoms with Crippen LogP contribution >= 0.6 is 0 Å². The molecule has 14 heavy (non-hydrogen) atoms. The lowest BCUT2D eigenvalue weighted by Crippen LogP contribution is -1.98. The van der Waals surface area contributed by atoms with E-state index in [9.17, 15) is 0 Å². The summed E-state index contributed by atoms with van der Waals surface area (Å²) in [7, 11) is 0. The number of rotatable bonds is 4. The molecule has 0 bridgehead atoms. The third-order valence-electron chi connectivity index (χ3n) is 1.46. The molecule has 0 aromatic carbocycles. The second-order valence-electron chi connectivity index (χ2n) is 2.50. The zero-order valence-electron chi connectivity index (χ0n) is 7.63. The lowest BCUT2D eigenvalue weighted by Gasteiger charge is -1.97. The SMILES string of the molecule is NC=CC=Nc1ccc(CON)cn1. The van der Waals surface area contributed by atoms with E-state index in [1.807, 2.05) is 6.07 Å². The van der Waals surface area contributed by atoms with Crippen molar-refractivity contribution >= 4 is 12.0 Å². The summed E-state index contributed by atoms with van der Waals surface area (Å²) in [5.41, 5.74) is 6.04. The van der Waals surface area contributed by atoms with Crippen molar-refractivity contribution in [3.05, 3.63) is 36.2 Å². The Bertz CT molecular complexity index is 318. The van der Waals surface area contributed by atoms with Crippen LogP contribution in [0, 0.1) is 0 Å². The Morgan fingerprint density at radius 1 is 1.50 bits per heavy atom. The molecular weight excluding hydrogens is 180 g/mol. The number of allylic oxidation sites excluding steroid dienone is 1. The topological polar surface area (TPSA) is 86.5 Å². The van der Waals surface area contributed by atoms with Crippen LogP contribution in [-0.4, -0.2) is 11.2 Å². The van der Waals surface area contributed by atoms with E-state index in [1.165, 1.54) is 6.20 Å². The third kappa shape index (κ3) is 3.34. The first-order valence-electron chi connectivity index (χ1n) is 4.04. The van der Waals surface area contributed by atoms with Gasteiger partial charge < -0.3 is 5.73 Å². The molecular formula is C9H12N4O. The normalized spacial score (nSPS) is 11.5. The molecule has 1 rings (SSSR count). The molecule has 0 aliphatic rings. The Morgan fingerprint density at radius 3 is 2.93 bits per heavy atom. The van der Waals surface area contributed by atoms with Crippen LogP contribution in [0.5, 0.6) is 0 Å². The first kappa shape index (κ1) is 10.4. The zero-order chi connectivity index (χ0) is 10.2. The van der Waals surface area contributed by atoms with Gasteiger partial charge in [0.15, 0.2) is 5.82 Å². The summed E-state index contributed by atoms with van der Waals surface area (Å²) in [6.45, 7) is 0.347. The Balaban J connectivity index is 2.63. The van der Waals surface area contributed by atoms with E-state index in [0.717, 1.165) is 5.56 Å². The van der Waals surface area contributed by atoms with E-state index in [2.05, 4.69) is 14.8 Å². The molecule has 0 aliphatic carbocycles. The van der Waals surface area contributed by atoms with E-state index in [-0.39, 0.29) is 0 Å². The molecule has 0 atom stereocenters. The van der Waals surface area contributed by atoms with Crippen LogP contribution in [-0.2, 0) is 11.4 Å². The second kappa shape index (κ2) is 5.85. The van der Waals surface area contributed by atoms with Gasteiger partial charge in [-0.1, -0.05) is 6.07 Å². The average Bonchev–Trinajstić information content (AvgIpc) is 2.21. The monoisotopic (exact) mass is 192 g/mol. The van der Waals surface area contributed by atoms with Crippen LogP contribution in [0.4, 0.5) is 5.82 Å². The fraction of sp³-hybridized carbons (Fsp3) is 0.111. The summed E-state index contributed by atoms with van der Waals surface area (Å²) >= 11 is 0. The number of pyridine rings is 1. The minimum Gasteiger partial charge on any atom is -0.405 e. The molecule has 1 aromatic rings. The number of aliphatic imine (C=N–C) groups is 1. The molecule has 0 amide bonds. The molecule has 1 aromatic heterocycles. The van der Waals surface area contributed by atoms with Crippen molar-refractivity contribution in [3.63, 3.8) is 0 Å². The molecule has 0 radical (unpaired) electrons. The summed E-state index contributed by atoms with van der Waals surface area (Å²) in [5.74, 6) is 5.53. The first-order valence-corrected chi connectivity index (χ1v) is 4.04. The molecule has 5 heteroatoms. The molecule has 0 aliphatic heterocycles. The van der Waals surface area contributed by atoms with Crippen LogP contribution < -0.4 is 11.6 Å². The number of hydrogen-bond acceptors (Lipinski definition) is 5. The van der Waals surface area contributed by atoms with Gasteiger partial charge in [-0.05, 0) is 23.9 Å². The van der Waals surface area contributed by atoms with Gasteiger partial charge >= 0.3 is 0 Å². The van der Waals surface area contributed by atoms with Crippen molar-refractivity contribution in [2.24, 2.45) is 16.6 Å². The number of nitrogens with zero attached hydrogens (tertiary/aromatic N) is 2. The first-order chi connectivity index (χ1) is 6.86. The Kier molecular flexibility index (Phi) is 4.33. The average molecular weight is 192 g/mol. The Labute approximate surface area is 82.1 Å². The van der Waals surface area contributed by atoms with E-state index in [4.69, 9.17) is 11.6 Å². The zero-order valence-corrected chi connectivity index (χ0v) is 7.63. The highest BCUT2D eigenvalue weighted by Crippen LogP contribution is 2.07. The number of aromatic nitrogens is 1. The van der Waals surface area contributed by atoms with Crippen LogP contribution in [0.3, 0.4) is 0 Å².